The third-order valence-electron chi connectivity index (χ3n) is 3.26. The average Bonchev–Trinajstić information content (AvgIpc) is 2.69. The van der Waals surface area contributed by atoms with Crippen LogP contribution in [0.25, 0.3) is 0 Å². The molecule has 4 heteroatoms. The summed E-state index contributed by atoms with van der Waals surface area (Å²) in [7, 11) is 0. The molecule has 2 rings (SSSR count). The van der Waals surface area contributed by atoms with E-state index in [1.807, 2.05) is 0 Å². The molecule has 1 aliphatic heterocycles. The van der Waals surface area contributed by atoms with E-state index in [4.69, 9.17) is 9.52 Å². The van der Waals surface area contributed by atoms with Gasteiger partial charge in [0.1, 0.15) is 11.3 Å². The summed E-state index contributed by atoms with van der Waals surface area (Å²) in [6.07, 6.45) is 5.09. The van der Waals surface area contributed by atoms with Gasteiger partial charge in [-0.3, -0.25) is 4.90 Å². The minimum absolute atomic E-state index is 0.290. The molecule has 1 N–H and O–H groups in total. The number of furan rings is 1. The minimum Gasteiger partial charge on any atom is -0.478 e. The lowest BCUT2D eigenvalue weighted by Gasteiger charge is -2.32. The summed E-state index contributed by atoms with van der Waals surface area (Å²) >= 11 is 0. The molecule has 0 aliphatic carbocycles. The van der Waals surface area contributed by atoms with Crippen LogP contribution in [-0.2, 0) is 6.54 Å². The Labute approximate surface area is 94.9 Å². The van der Waals surface area contributed by atoms with Gasteiger partial charge in [0.05, 0.1) is 12.8 Å². The molecule has 0 radical (unpaired) electrons. The first-order valence-electron chi connectivity index (χ1n) is 5.72. The molecule has 0 bridgehead atoms. The molecule has 16 heavy (non-hydrogen) atoms. The van der Waals surface area contributed by atoms with Crippen molar-refractivity contribution in [1.29, 1.82) is 0 Å². The molecule has 1 fully saturated rings. The zero-order valence-corrected chi connectivity index (χ0v) is 9.48. The summed E-state index contributed by atoms with van der Waals surface area (Å²) in [5.41, 5.74) is 0.290. The zero-order chi connectivity index (χ0) is 11.5. The van der Waals surface area contributed by atoms with Gasteiger partial charge in [-0.05, 0) is 32.4 Å². The largest absolute Gasteiger partial charge is 0.478 e. The first kappa shape index (κ1) is 11.2. The zero-order valence-electron chi connectivity index (χ0n) is 9.48. The van der Waals surface area contributed by atoms with Gasteiger partial charge >= 0.3 is 5.97 Å². The molecule has 4 nitrogen and oxygen atoms in total. The maximum Gasteiger partial charge on any atom is 0.339 e. The highest BCUT2D eigenvalue weighted by molar-refractivity contribution is 5.88. The lowest BCUT2D eigenvalue weighted by atomic mass is 10.0. The minimum atomic E-state index is -0.909. The van der Waals surface area contributed by atoms with E-state index < -0.39 is 5.97 Å². The molecule has 0 aromatic carbocycles. The van der Waals surface area contributed by atoms with E-state index in [1.54, 1.807) is 0 Å². The summed E-state index contributed by atoms with van der Waals surface area (Å²) in [5, 5.41) is 8.97. The molecule has 88 valence electrons. The third-order valence-corrected chi connectivity index (χ3v) is 3.26. The van der Waals surface area contributed by atoms with Crippen LogP contribution in [0.3, 0.4) is 0 Å². The number of hydrogen-bond acceptors (Lipinski definition) is 3. The number of carboxylic acid groups (broad SMARTS) is 1. The van der Waals surface area contributed by atoms with Crippen molar-refractivity contribution < 1.29 is 14.3 Å². The maximum atomic E-state index is 10.9. The molecule has 1 aromatic heterocycles. The highest BCUT2D eigenvalue weighted by atomic mass is 16.4. The number of rotatable bonds is 3. The van der Waals surface area contributed by atoms with Crippen LogP contribution >= 0.6 is 0 Å². The van der Waals surface area contributed by atoms with Crippen LogP contribution in [0.5, 0.6) is 0 Å². The molecule has 1 unspecified atom stereocenters. The van der Waals surface area contributed by atoms with E-state index in [0.717, 1.165) is 6.54 Å². The van der Waals surface area contributed by atoms with Crippen LogP contribution in [0, 0.1) is 0 Å². The Kier molecular flexibility index (Phi) is 3.29. The second-order valence-electron chi connectivity index (χ2n) is 4.38. The van der Waals surface area contributed by atoms with Gasteiger partial charge in [0, 0.05) is 6.04 Å². The monoisotopic (exact) mass is 223 g/mol. The Morgan fingerprint density at radius 1 is 1.62 bits per heavy atom. The molecule has 1 atom stereocenters. The molecular formula is C12H17NO3. The third kappa shape index (κ3) is 2.27. The average molecular weight is 223 g/mol. The van der Waals surface area contributed by atoms with Crippen molar-refractivity contribution in [2.45, 2.75) is 38.8 Å². The number of carbonyl (C=O) groups is 1. The molecule has 2 heterocycles. The second-order valence-corrected chi connectivity index (χ2v) is 4.38. The van der Waals surface area contributed by atoms with Crippen molar-refractivity contribution in [1.82, 2.24) is 4.90 Å². The van der Waals surface area contributed by atoms with Crippen LogP contribution in [0.1, 0.15) is 42.3 Å². The van der Waals surface area contributed by atoms with Crippen molar-refractivity contribution in [3.63, 3.8) is 0 Å². The first-order valence-corrected chi connectivity index (χ1v) is 5.72. The predicted molar refractivity (Wildman–Crippen MR) is 59.4 cm³/mol. The van der Waals surface area contributed by atoms with Crippen LogP contribution in [0.2, 0.25) is 0 Å². The van der Waals surface area contributed by atoms with Crippen molar-refractivity contribution in [3.05, 3.63) is 23.7 Å². The molecule has 0 saturated carbocycles. The van der Waals surface area contributed by atoms with Crippen molar-refractivity contribution >= 4 is 5.97 Å². The van der Waals surface area contributed by atoms with Crippen molar-refractivity contribution in [2.75, 3.05) is 6.54 Å². The standard InChI is InChI=1S/C12H17NO3/c1-9-4-2-3-6-13(9)8-11-10(12(14)15)5-7-16-11/h5,7,9H,2-4,6,8H2,1H3,(H,14,15). The van der Waals surface area contributed by atoms with E-state index >= 15 is 0 Å². The Morgan fingerprint density at radius 3 is 3.12 bits per heavy atom. The van der Waals surface area contributed by atoms with E-state index in [1.165, 1.54) is 31.6 Å². The van der Waals surface area contributed by atoms with Gasteiger partial charge in [-0.2, -0.15) is 0 Å². The van der Waals surface area contributed by atoms with Crippen molar-refractivity contribution in [3.8, 4) is 0 Å². The Balaban J connectivity index is 2.07. The Bertz CT molecular complexity index is 372. The summed E-state index contributed by atoms with van der Waals surface area (Å²) in [6, 6.07) is 2.03. The number of carboxylic acids is 1. The number of hydrogen-bond donors (Lipinski definition) is 1. The second kappa shape index (κ2) is 4.70. The molecule has 1 aliphatic rings. The summed E-state index contributed by atoms with van der Waals surface area (Å²) in [5.74, 6) is -0.338. The lowest BCUT2D eigenvalue weighted by molar-refractivity contribution is 0.0689. The van der Waals surface area contributed by atoms with Gasteiger partial charge in [0.2, 0.25) is 0 Å². The Morgan fingerprint density at radius 2 is 2.44 bits per heavy atom. The normalized spacial score (nSPS) is 22.2. The quantitative estimate of drug-likeness (QED) is 0.854. The van der Waals surface area contributed by atoms with Crippen LogP contribution < -0.4 is 0 Å². The van der Waals surface area contributed by atoms with Gasteiger partial charge in [-0.15, -0.1) is 0 Å². The summed E-state index contributed by atoms with van der Waals surface area (Å²) in [6.45, 7) is 3.82. The van der Waals surface area contributed by atoms with E-state index in [-0.39, 0.29) is 5.56 Å². The number of likely N-dealkylation sites (tertiary alicyclic amines) is 1. The fourth-order valence-electron chi connectivity index (χ4n) is 2.23. The molecular weight excluding hydrogens is 206 g/mol. The maximum absolute atomic E-state index is 10.9. The van der Waals surface area contributed by atoms with Crippen LogP contribution in [0.4, 0.5) is 0 Å². The van der Waals surface area contributed by atoms with E-state index in [2.05, 4.69) is 11.8 Å². The number of nitrogens with zero attached hydrogens (tertiary/aromatic N) is 1. The highest BCUT2D eigenvalue weighted by Crippen LogP contribution is 2.21. The highest BCUT2D eigenvalue weighted by Gasteiger charge is 2.22. The summed E-state index contributed by atoms with van der Waals surface area (Å²) < 4.78 is 5.25. The van der Waals surface area contributed by atoms with Crippen LogP contribution in [0.15, 0.2) is 16.7 Å². The van der Waals surface area contributed by atoms with Gasteiger partial charge in [-0.25, -0.2) is 4.79 Å². The van der Waals surface area contributed by atoms with E-state index in [9.17, 15) is 4.79 Å². The smallest absolute Gasteiger partial charge is 0.339 e. The number of piperidine rings is 1. The summed E-state index contributed by atoms with van der Waals surface area (Å²) in [4.78, 5) is 13.2. The molecule has 1 aromatic rings. The predicted octanol–water partition coefficient (Wildman–Crippen LogP) is 2.35. The van der Waals surface area contributed by atoms with Gasteiger partial charge in [0.25, 0.3) is 0 Å². The van der Waals surface area contributed by atoms with Gasteiger partial charge in [0.15, 0.2) is 0 Å². The lowest BCUT2D eigenvalue weighted by Crippen LogP contribution is -2.36. The fraction of sp³-hybridized carbons (Fsp3) is 0.583. The molecule has 0 amide bonds. The molecule has 0 spiro atoms. The fourth-order valence-corrected chi connectivity index (χ4v) is 2.23. The van der Waals surface area contributed by atoms with Crippen molar-refractivity contribution in [2.24, 2.45) is 0 Å². The molecule has 1 saturated heterocycles. The van der Waals surface area contributed by atoms with E-state index in [0.29, 0.717) is 18.3 Å². The topological polar surface area (TPSA) is 53.7 Å². The SMILES string of the molecule is CC1CCCCN1Cc1occc1C(=O)O. The Hall–Kier alpha value is -1.29. The number of aromatic carboxylic acids is 1. The van der Waals surface area contributed by atoms with Gasteiger partial charge < -0.3 is 9.52 Å². The first-order chi connectivity index (χ1) is 7.68. The van der Waals surface area contributed by atoms with Crippen LogP contribution in [-0.4, -0.2) is 28.6 Å². The van der Waals surface area contributed by atoms with Gasteiger partial charge in [-0.1, -0.05) is 6.42 Å².